The fourth-order valence-electron chi connectivity index (χ4n) is 3.88. The summed E-state index contributed by atoms with van der Waals surface area (Å²) in [4.78, 5) is 18.9. The van der Waals surface area contributed by atoms with Crippen molar-refractivity contribution in [2.75, 3.05) is 32.4 Å². The Morgan fingerprint density at radius 1 is 0.964 bits per heavy atom. The SMILES string of the molecule is CS(=O)(=O)N1CCN(C(C(=O)c2c[nH]c3ccccc23)c2ccccc2)CC1. The predicted molar refractivity (Wildman–Crippen MR) is 110 cm³/mol. The largest absolute Gasteiger partial charge is 0.360 e. The van der Waals surface area contributed by atoms with Crippen molar-refractivity contribution in [1.29, 1.82) is 0 Å². The van der Waals surface area contributed by atoms with Crippen molar-refractivity contribution in [2.45, 2.75) is 6.04 Å². The summed E-state index contributed by atoms with van der Waals surface area (Å²) in [6, 6.07) is 17.0. The molecular weight excluding hydrogens is 374 g/mol. The van der Waals surface area contributed by atoms with Crippen LogP contribution in [-0.2, 0) is 10.0 Å². The normalized spacial score (nSPS) is 17.6. The summed E-state index contributed by atoms with van der Waals surface area (Å²) in [6.45, 7) is 1.81. The van der Waals surface area contributed by atoms with E-state index in [9.17, 15) is 13.2 Å². The highest BCUT2D eigenvalue weighted by Gasteiger charge is 2.33. The number of piperazine rings is 1. The van der Waals surface area contributed by atoms with Gasteiger partial charge in [0.05, 0.1) is 12.3 Å². The topological polar surface area (TPSA) is 73.5 Å². The van der Waals surface area contributed by atoms with Crippen molar-refractivity contribution in [1.82, 2.24) is 14.2 Å². The van der Waals surface area contributed by atoms with Gasteiger partial charge in [-0.05, 0) is 11.6 Å². The Labute approximate surface area is 164 Å². The molecule has 3 aromatic rings. The van der Waals surface area contributed by atoms with Gasteiger partial charge in [-0.1, -0.05) is 48.5 Å². The molecule has 1 atom stereocenters. The van der Waals surface area contributed by atoms with Gasteiger partial charge in [-0.2, -0.15) is 4.31 Å². The number of sulfonamides is 1. The number of aromatic amines is 1. The van der Waals surface area contributed by atoms with Gasteiger partial charge in [-0.25, -0.2) is 8.42 Å². The summed E-state index contributed by atoms with van der Waals surface area (Å²) >= 11 is 0. The number of para-hydroxylation sites is 1. The quantitative estimate of drug-likeness (QED) is 0.672. The summed E-state index contributed by atoms with van der Waals surface area (Å²) < 4.78 is 25.1. The fraction of sp³-hybridized carbons (Fsp3) is 0.286. The Morgan fingerprint density at radius 2 is 1.61 bits per heavy atom. The van der Waals surface area contributed by atoms with E-state index in [-0.39, 0.29) is 5.78 Å². The molecule has 0 amide bonds. The lowest BCUT2D eigenvalue weighted by atomic mass is 9.95. The maximum Gasteiger partial charge on any atom is 0.211 e. The number of ketones is 1. The molecule has 1 aromatic heterocycles. The standard InChI is InChI=1S/C21H23N3O3S/c1-28(26,27)24-13-11-23(12-14-24)20(16-7-3-2-4-8-16)21(25)18-15-22-19-10-6-5-9-17(18)19/h2-10,15,20,22H,11-14H2,1H3. The number of nitrogens with zero attached hydrogens (tertiary/aromatic N) is 2. The molecule has 0 saturated carbocycles. The van der Waals surface area contributed by atoms with E-state index in [2.05, 4.69) is 9.88 Å². The molecule has 6 nitrogen and oxygen atoms in total. The smallest absolute Gasteiger partial charge is 0.211 e. The van der Waals surface area contributed by atoms with Crippen LogP contribution in [-0.4, -0.2) is 60.8 Å². The monoisotopic (exact) mass is 397 g/mol. The van der Waals surface area contributed by atoms with Crippen molar-refractivity contribution < 1.29 is 13.2 Å². The molecule has 0 radical (unpaired) electrons. The molecule has 28 heavy (non-hydrogen) atoms. The highest BCUT2D eigenvalue weighted by atomic mass is 32.2. The molecule has 2 aromatic carbocycles. The molecule has 1 aliphatic heterocycles. The Hall–Kier alpha value is -2.48. The number of benzene rings is 2. The molecular formula is C21H23N3O3S. The first kappa shape index (κ1) is 18.9. The number of H-pyrrole nitrogens is 1. The van der Waals surface area contributed by atoms with Crippen molar-refractivity contribution >= 4 is 26.7 Å². The van der Waals surface area contributed by atoms with Crippen LogP contribution in [0.5, 0.6) is 0 Å². The van der Waals surface area contributed by atoms with Crippen molar-refractivity contribution in [3.63, 3.8) is 0 Å². The number of carbonyl (C=O) groups is 1. The maximum atomic E-state index is 13.6. The lowest BCUT2D eigenvalue weighted by Crippen LogP contribution is -2.50. The van der Waals surface area contributed by atoms with Crippen LogP contribution in [0.2, 0.25) is 0 Å². The molecule has 1 saturated heterocycles. The highest BCUT2D eigenvalue weighted by molar-refractivity contribution is 7.88. The molecule has 146 valence electrons. The van der Waals surface area contributed by atoms with E-state index in [1.165, 1.54) is 10.6 Å². The van der Waals surface area contributed by atoms with Gasteiger partial charge in [-0.3, -0.25) is 9.69 Å². The highest BCUT2D eigenvalue weighted by Crippen LogP contribution is 2.29. The Balaban J connectivity index is 1.68. The summed E-state index contributed by atoms with van der Waals surface area (Å²) in [5, 5.41) is 0.906. The lowest BCUT2D eigenvalue weighted by molar-refractivity contribution is 0.0755. The van der Waals surface area contributed by atoms with E-state index < -0.39 is 16.1 Å². The van der Waals surface area contributed by atoms with Gasteiger partial charge in [0, 0.05) is 48.8 Å². The predicted octanol–water partition coefficient (Wildman–Crippen LogP) is 2.67. The summed E-state index contributed by atoms with van der Waals surface area (Å²) in [5.41, 5.74) is 2.51. The maximum absolute atomic E-state index is 13.6. The van der Waals surface area contributed by atoms with E-state index in [1.807, 2.05) is 54.6 Å². The second kappa shape index (κ2) is 7.50. The lowest BCUT2D eigenvalue weighted by Gasteiger charge is -2.37. The summed E-state index contributed by atoms with van der Waals surface area (Å²) in [7, 11) is -3.22. The molecule has 0 bridgehead atoms. The Kier molecular flexibility index (Phi) is 5.05. The van der Waals surface area contributed by atoms with Gasteiger partial charge in [0.2, 0.25) is 10.0 Å². The van der Waals surface area contributed by atoms with Crippen LogP contribution < -0.4 is 0 Å². The number of fused-ring (bicyclic) bond motifs is 1. The number of nitrogens with one attached hydrogen (secondary N) is 1. The van der Waals surface area contributed by atoms with E-state index in [0.717, 1.165) is 16.5 Å². The number of carbonyl (C=O) groups excluding carboxylic acids is 1. The number of hydrogen-bond acceptors (Lipinski definition) is 4. The first-order chi connectivity index (χ1) is 13.4. The zero-order valence-corrected chi connectivity index (χ0v) is 16.5. The van der Waals surface area contributed by atoms with Gasteiger partial charge in [0.25, 0.3) is 0 Å². The van der Waals surface area contributed by atoms with Crippen LogP contribution >= 0.6 is 0 Å². The van der Waals surface area contributed by atoms with Gasteiger partial charge in [-0.15, -0.1) is 0 Å². The molecule has 1 fully saturated rings. The average Bonchev–Trinajstić information content (AvgIpc) is 3.13. The first-order valence-electron chi connectivity index (χ1n) is 9.29. The van der Waals surface area contributed by atoms with Crippen LogP contribution in [0.15, 0.2) is 60.8 Å². The molecule has 2 heterocycles. The minimum atomic E-state index is -3.22. The fourth-order valence-corrected chi connectivity index (χ4v) is 4.71. The van der Waals surface area contributed by atoms with Gasteiger partial charge >= 0.3 is 0 Å². The third-order valence-electron chi connectivity index (χ3n) is 5.33. The van der Waals surface area contributed by atoms with Crippen LogP contribution in [0.1, 0.15) is 22.0 Å². The number of Topliss-reactive ketones (excluding diaryl/α,β-unsaturated/α-hetero) is 1. The molecule has 7 heteroatoms. The summed E-state index contributed by atoms with van der Waals surface area (Å²) in [6.07, 6.45) is 3.00. The Bertz CT molecular complexity index is 1080. The molecule has 1 N–H and O–H groups in total. The molecule has 1 unspecified atom stereocenters. The zero-order valence-electron chi connectivity index (χ0n) is 15.7. The molecule has 4 rings (SSSR count). The van der Waals surface area contributed by atoms with E-state index in [0.29, 0.717) is 31.7 Å². The third kappa shape index (κ3) is 3.61. The van der Waals surface area contributed by atoms with Gasteiger partial charge in [0.1, 0.15) is 0 Å². The van der Waals surface area contributed by atoms with E-state index in [4.69, 9.17) is 0 Å². The van der Waals surface area contributed by atoms with Crippen LogP contribution in [0.25, 0.3) is 10.9 Å². The summed E-state index contributed by atoms with van der Waals surface area (Å²) in [5.74, 6) is 0.0245. The van der Waals surface area contributed by atoms with Crippen LogP contribution in [0, 0.1) is 0 Å². The van der Waals surface area contributed by atoms with Gasteiger partial charge in [0.15, 0.2) is 5.78 Å². The minimum absolute atomic E-state index is 0.0245. The van der Waals surface area contributed by atoms with Crippen molar-refractivity contribution in [3.05, 3.63) is 71.9 Å². The molecule has 0 aliphatic carbocycles. The average molecular weight is 398 g/mol. The second-order valence-electron chi connectivity index (χ2n) is 7.12. The van der Waals surface area contributed by atoms with E-state index >= 15 is 0 Å². The first-order valence-corrected chi connectivity index (χ1v) is 11.1. The zero-order chi connectivity index (χ0) is 19.7. The number of aromatic nitrogens is 1. The van der Waals surface area contributed by atoms with Crippen molar-refractivity contribution in [2.24, 2.45) is 0 Å². The Morgan fingerprint density at radius 3 is 2.29 bits per heavy atom. The van der Waals surface area contributed by atoms with Crippen LogP contribution in [0.4, 0.5) is 0 Å². The van der Waals surface area contributed by atoms with Crippen LogP contribution in [0.3, 0.4) is 0 Å². The number of rotatable bonds is 5. The molecule has 1 aliphatic rings. The van der Waals surface area contributed by atoms with Crippen molar-refractivity contribution in [3.8, 4) is 0 Å². The number of hydrogen-bond donors (Lipinski definition) is 1. The second-order valence-corrected chi connectivity index (χ2v) is 9.11. The third-order valence-corrected chi connectivity index (χ3v) is 6.63. The minimum Gasteiger partial charge on any atom is -0.360 e. The van der Waals surface area contributed by atoms with Gasteiger partial charge < -0.3 is 4.98 Å². The van der Waals surface area contributed by atoms with E-state index in [1.54, 1.807) is 6.20 Å². The molecule has 0 spiro atoms.